The second-order valence-electron chi connectivity index (χ2n) is 9.07. The van der Waals surface area contributed by atoms with E-state index >= 15 is 0 Å². The number of benzene rings is 1. The molecular formula is C24H27Cl2NO4. The molecule has 4 atom stereocenters. The molecule has 1 amide bonds. The monoisotopic (exact) mass is 463 g/mol. The van der Waals surface area contributed by atoms with Crippen LogP contribution in [0.25, 0.3) is 0 Å². The summed E-state index contributed by atoms with van der Waals surface area (Å²) in [5.41, 5.74) is 0.432. The number of aliphatic carboxylic acids is 1. The highest BCUT2D eigenvalue weighted by atomic mass is 35.5. The first-order valence-electron chi connectivity index (χ1n) is 10.7. The van der Waals surface area contributed by atoms with Crippen molar-refractivity contribution < 1.29 is 19.4 Å². The number of carboxylic acid groups (broad SMARTS) is 1. The van der Waals surface area contributed by atoms with E-state index in [1.54, 1.807) is 0 Å². The molecular weight excluding hydrogens is 437 g/mol. The van der Waals surface area contributed by atoms with E-state index in [0.29, 0.717) is 28.9 Å². The van der Waals surface area contributed by atoms with E-state index in [1.807, 2.05) is 47.4 Å². The van der Waals surface area contributed by atoms with Crippen LogP contribution in [0.5, 0.6) is 0 Å². The van der Waals surface area contributed by atoms with Crippen LogP contribution in [0.2, 0.25) is 5.02 Å². The van der Waals surface area contributed by atoms with Crippen LogP contribution >= 0.6 is 23.2 Å². The van der Waals surface area contributed by atoms with E-state index in [-0.39, 0.29) is 18.4 Å². The molecule has 7 heteroatoms. The minimum atomic E-state index is -1.05. The molecule has 1 heterocycles. The molecule has 1 aromatic carbocycles. The fraction of sp³-hybridized carbons (Fsp3) is 0.500. The zero-order valence-corrected chi connectivity index (χ0v) is 19.0. The SMILES string of the molecule is CC1([C@@H]2O[C@@H](CC(=O)O)C(=O)N(CC3CCC3)[C@@H]2c2ccc(Cl)cc2)C=C(Cl)C=CC1. The average molecular weight is 464 g/mol. The first-order chi connectivity index (χ1) is 14.8. The molecule has 166 valence electrons. The highest BCUT2D eigenvalue weighted by molar-refractivity contribution is 6.31. The molecule has 31 heavy (non-hydrogen) atoms. The van der Waals surface area contributed by atoms with Crippen molar-refractivity contribution in [2.24, 2.45) is 11.3 Å². The maximum atomic E-state index is 13.4. The largest absolute Gasteiger partial charge is 0.481 e. The van der Waals surface area contributed by atoms with Crippen molar-refractivity contribution >= 4 is 35.1 Å². The van der Waals surface area contributed by atoms with Crippen molar-refractivity contribution in [3.8, 4) is 0 Å². The van der Waals surface area contributed by atoms with Gasteiger partial charge in [-0.25, -0.2) is 0 Å². The van der Waals surface area contributed by atoms with E-state index in [2.05, 4.69) is 6.92 Å². The van der Waals surface area contributed by atoms with E-state index in [1.165, 1.54) is 0 Å². The van der Waals surface area contributed by atoms with Crippen LogP contribution in [0.3, 0.4) is 0 Å². The third kappa shape index (κ3) is 4.69. The van der Waals surface area contributed by atoms with Crippen molar-refractivity contribution in [2.75, 3.05) is 6.54 Å². The van der Waals surface area contributed by atoms with Gasteiger partial charge in [0, 0.05) is 22.0 Å². The Morgan fingerprint density at radius 2 is 1.97 bits per heavy atom. The van der Waals surface area contributed by atoms with Gasteiger partial charge in [0.05, 0.1) is 18.6 Å². The maximum Gasteiger partial charge on any atom is 0.306 e. The molecule has 0 spiro atoms. The molecule has 2 fully saturated rings. The van der Waals surface area contributed by atoms with Crippen LogP contribution in [0, 0.1) is 11.3 Å². The molecule has 1 unspecified atom stereocenters. The van der Waals surface area contributed by atoms with Gasteiger partial charge in [-0.1, -0.05) is 60.8 Å². The van der Waals surface area contributed by atoms with E-state index in [4.69, 9.17) is 27.9 Å². The second kappa shape index (κ2) is 8.97. The van der Waals surface area contributed by atoms with Gasteiger partial charge >= 0.3 is 5.97 Å². The van der Waals surface area contributed by atoms with Crippen LogP contribution in [-0.2, 0) is 14.3 Å². The summed E-state index contributed by atoms with van der Waals surface area (Å²) in [6, 6.07) is 7.13. The van der Waals surface area contributed by atoms with Crippen molar-refractivity contribution in [1.82, 2.24) is 4.90 Å². The van der Waals surface area contributed by atoms with Gasteiger partial charge in [0.25, 0.3) is 5.91 Å². The van der Waals surface area contributed by atoms with Gasteiger partial charge in [-0.05, 0) is 49.0 Å². The number of carboxylic acids is 1. The Kier molecular flexibility index (Phi) is 6.47. The zero-order chi connectivity index (χ0) is 22.2. The van der Waals surface area contributed by atoms with Crippen molar-refractivity contribution in [1.29, 1.82) is 0 Å². The van der Waals surface area contributed by atoms with Crippen LogP contribution < -0.4 is 0 Å². The summed E-state index contributed by atoms with van der Waals surface area (Å²) in [6.45, 7) is 2.66. The van der Waals surface area contributed by atoms with Gasteiger partial charge in [0.2, 0.25) is 0 Å². The van der Waals surface area contributed by atoms with Crippen molar-refractivity contribution in [3.63, 3.8) is 0 Å². The molecule has 0 radical (unpaired) electrons. The first kappa shape index (κ1) is 22.4. The molecule has 1 N–H and O–H groups in total. The smallest absolute Gasteiger partial charge is 0.306 e. The summed E-state index contributed by atoms with van der Waals surface area (Å²) in [6.07, 6.45) is 8.02. The number of halogens is 2. The summed E-state index contributed by atoms with van der Waals surface area (Å²) in [5.74, 6) is -0.871. The topological polar surface area (TPSA) is 66.8 Å². The lowest BCUT2D eigenvalue weighted by molar-refractivity contribution is -0.191. The Bertz CT molecular complexity index is 909. The summed E-state index contributed by atoms with van der Waals surface area (Å²) in [7, 11) is 0. The molecule has 2 aliphatic carbocycles. The maximum absolute atomic E-state index is 13.4. The molecule has 3 aliphatic rings. The number of allylic oxidation sites excluding steroid dienone is 3. The second-order valence-corrected chi connectivity index (χ2v) is 9.94. The van der Waals surface area contributed by atoms with Gasteiger partial charge < -0.3 is 14.7 Å². The number of carbonyl (C=O) groups excluding carboxylic acids is 1. The Morgan fingerprint density at radius 3 is 2.55 bits per heavy atom. The Balaban J connectivity index is 1.78. The fourth-order valence-electron chi connectivity index (χ4n) is 4.82. The molecule has 1 aromatic rings. The standard InChI is InChI=1S/C24H27Cl2NO4/c1-24(11-3-6-18(26)13-24)22-21(16-7-9-17(25)10-8-16)27(14-15-4-2-5-15)23(30)19(31-22)12-20(28)29/h3,6-10,13,15,19,21-22H,2,4-5,11-12,14H2,1H3,(H,28,29)/t19-,21+,22+,24?/m0/s1. The van der Waals surface area contributed by atoms with Crippen LogP contribution in [0.15, 0.2) is 47.5 Å². The molecule has 0 aromatic heterocycles. The summed E-state index contributed by atoms with van der Waals surface area (Å²) >= 11 is 12.5. The average Bonchev–Trinajstić information content (AvgIpc) is 2.67. The van der Waals surface area contributed by atoms with Gasteiger partial charge in [0.15, 0.2) is 0 Å². The van der Waals surface area contributed by atoms with Gasteiger partial charge in [-0.2, -0.15) is 0 Å². The molecule has 1 saturated carbocycles. The number of amides is 1. The third-order valence-corrected chi connectivity index (χ3v) is 7.18. The minimum Gasteiger partial charge on any atom is -0.481 e. The number of nitrogens with zero attached hydrogens (tertiary/aromatic N) is 1. The summed E-state index contributed by atoms with van der Waals surface area (Å²) in [4.78, 5) is 26.8. The van der Waals surface area contributed by atoms with E-state index < -0.39 is 23.6 Å². The van der Waals surface area contributed by atoms with Crippen LogP contribution in [-0.4, -0.2) is 40.6 Å². The van der Waals surface area contributed by atoms with Crippen LogP contribution in [0.1, 0.15) is 50.6 Å². The fourth-order valence-corrected chi connectivity index (χ4v) is 5.29. The third-order valence-electron chi connectivity index (χ3n) is 6.70. The lowest BCUT2D eigenvalue weighted by Gasteiger charge is -2.51. The van der Waals surface area contributed by atoms with E-state index in [0.717, 1.165) is 24.8 Å². The minimum absolute atomic E-state index is 0.254. The molecule has 0 bridgehead atoms. The van der Waals surface area contributed by atoms with Crippen molar-refractivity contribution in [2.45, 2.75) is 57.3 Å². The normalized spacial score (nSPS) is 31.3. The Hall–Kier alpha value is -1.82. The van der Waals surface area contributed by atoms with Crippen LogP contribution in [0.4, 0.5) is 0 Å². The lowest BCUT2D eigenvalue weighted by atomic mass is 9.72. The highest BCUT2D eigenvalue weighted by Crippen LogP contribution is 2.47. The highest BCUT2D eigenvalue weighted by Gasteiger charge is 2.51. The number of morpholine rings is 1. The molecule has 4 rings (SSSR count). The number of rotatable bonds is 6. The zero-order valence-electron chi connectivity index (χ0n) is 17.5. The number of hydrogen-bond donors (Lipinski definition) is 1. The van der Waals surface area contributed by atoms with E-state index in [9.17, 15) is 14.7 Å². The quantitative estimate of drug-likeness (QED) is 0.617. The molecule has 5 nitrogen and oxygen atoms in total. The molecule has 1 saturated heterocycles. The number of hydrogen-bond acceptors (Lipinski definition) is 3. The Morgan fingerprint density at radius 1 is 1.26 bits per heavy atom. The first-order valence-corrected chi connectivity index (χ1v) is 11.5. The predicted molar refractivity (Wildman–Crippen MR) is 120 cm³/mol. The van der Waals surface area contributed by atoms with Gasteiger partial charge in [-0.3, -0.25) is 9.59 Å². The Labute approximate surface area is 192 Å². The molecule has 1 aliphatic heterocycles. The van der Waals surface area contributed by atoms with Crippen molar-refractivity contribution in [3.05, 3.63) is 58.1 Å². The number of carbonyl (C=O) groups is 2. The lowest BCUT2D eigenvalue weighted by Crippen LogP contribution is -2.59. The van der Waals surface area contributed by atoms with Gasteiger partial charge in [-0.15, -0.1) is 0 Å². The number of ether oxygens (including phenoxy) is 1. The van der Waals surface area contributed by atoms with Gasteiger partial charge in [0.1, 0.15) is 6.10 Å². The summed E-state index contributed by atoms with van der Waals surface area (Å²) in [5, 5.41) is 10.6. The summed E-state index contributed by atoms with van der Waals surface area (Å²) < 4.78 is 6.32. The predicted octanol–water partition coefficient (Wildman–Crippen LogP) is 5.34.